The Morgan fingerprint density at radius 1 is 1.21 bits per heavy atom. The van der Waals surface area contributed by atoms with Gasteiger partial charge in [0.15, 0.2) is 0 Å². The number of carbonyl (C=O) groups is 2. The van der Waals surface area contributed by atoms with Crippen molar-refractivity contribution in [2.45, 2.75) is 20.8 Å². The van der Waals surface area contributed by atoms with Crippen LogP contribution in [0.15, 0.2) is 36.0 Å². The van der Waals surface area contributed by atoms with Gasteiger partial charge in [0.05, 0.1) is 10.6 Å². The molecule has 0 fully saturated rings. The van der Waals surface area contributed by atoms with Gasteiger partial charge in [0.25, 0.3) is 11.8 Å². The topological polar surface area (TPSA) is 75.2 Å². The van der Waals surface area contributed by atoms with Crippen molar-refractivity contribution >= 4 is 29.4 Å². The fourth-order valence-corrected chi connectivity index (χ4v) is 2.71. The normalized spacial score (nSPS) is 11.2. The molecule has 6 nitrogen and oxygen atoms in total. The SMILES string of the molecule is CCN(CC)C(=O)/C(=C\c1snnc1C)NC(=O)c1ccccc1. The number of carbonyl (C=O) groups excluding carboxylic acids is 2. The third kappa shape index (κ3) is 4.26. The van der Waals surface area contributed by atoms with Crippen LogP contribution in [0.2, 0.25) is 0 Å². The second-order valence-corrected chi connectivity index (χ2v) is 5.86. The summed E-state index contributed by atoms with van der Waals surface area (Å²) in [6, 6.07) is 8.80. The molecule has 0 bridgehead atoms. The van der Waals surface area contributed by atoms with Gasteiger partial charge in [-0.05, 0) is 50.5 Å². The number of rotatable bonds is 6. The Morgan fingerprint density at radius 2 is 1.88 bits per heavy atom. The predicted octanol–water partition coefficient (Wildman–Crippen LogP) is 2.49. The van der Waals surface area contributed by atoms with E-state index in [-0.39, 0.29) is 17.5 Å². The van der Waals surface area contributed by atoms with Crippen LogP contribution < -0.4 is 5.32 Å². The summed E-state index contributed by atoms with van der Waals surface area (Å²) in [6.07, 6.45) is 1.64. The lowest BCUT2D eigenvalue weighted by atomic mass is 10.2. The summed E-state index contributed by atoms with van der Waals surface area (Å²) in [5.41, 5.74) is 1.44. The molecule has 0 aliphatic rings. The highest BCUT2D eigenvalue weighted by atomic mass is 32.1. The average Bonchev–Trinajstić information content (AvgIpc) is 3.00. The first-order valence-corrected chi connectivity index (χ1v) is 8.50. The second-order valence-electron chi connectivity index (χ2n) is 5.08. The minimum absolute atomic E-state index is 0.224. The first-order chi connectivity index (χ1) is 11.6. The molecule has 2 rings (SSSR count). The minimum atomic E-state index is -0.322. The Hall–Kier alpha value is -2.54. The molecule has 2 amide bonds. The first kappa shape index (κ1) is 17.8. The van der Waals surface area contributed by atoms with Gasteiger partial charge in [-0.3, -0.25) is 9.59 Å². The molecule has 0 atom stereocenters. The third-order valence-electron chi connectivity index (χ3n) is 3.53. The molecule has 0 aliphatic heterocycles. The summed E-state index contributed by atoms with van der Waals surface area (Å²) >= 11 is 1.19. The minimum Gasteiger partial charge on any atom is -0.338 e. The maximum atomic E-state index is 12.7. The largest absolute Gasteiger partial charge is 0.338 e. The van der Waals surface area contributed by atoms with Crippen LogP contribution in [0.5, 0.6) is 0 Å². The molecule has 1 heterocycles. The number of nitrogens with zero attached hydrogens (tertiary/aromatic N) is 3. The van der Waals surface area contributed by atoms with Crippen molar-refractivity contribution in [2.24, 2.45) is 0 Å². The monoisotopic (exact) mass is 344 g/mol. The van der Waals surface area contributed by atoms with E-state index in [1.807, 2.05) is 26.8 Å². The van der Waals surface area contributed by atoms with E-state index in [0.29, 0.717) is 18.7 Å². The highest BCUT2D eigenvalue weighted by Crippen LogP contribution is 2.15. The smallest absolute Gasteiger partial charge is 0.270 e. The van der Waals surface area contributed by atoms with E-state index in [1.54, 1.807) is 35.2 Å². The van der Waals surface area contributed by atoms with E-state index in [4.69, 9.17) is 0 Å². The van der Waals surface area contributed by atoms with Crippen LogP contribution in [0, 0.1) is 6.92 Å². The predicted molar refractivity (Wildman–Crippen MR) is 94.5 cm³/mol. The lowest BCUT2D eigenvalue weighted by Gasteiger charge is -2.20. The van der Waals surface area contributed by atoms with E-state index in [9.17, 15) is 9.59 Å². The van der Waals surface area contributed by atoms with Crippen LogP contribution in [-0.4, -0.2) is 39.4 Å². The lowest BCUT2D eigenvalue weighted by Crippen LogP contribution is -2.38. The van der Waals surface area contributed by atoms with Gasteiger partial charge >= 0.3 is 0 Å². The van der Waals surface area contributed by atoms with E-state index in [0.717, 1.165) is 10.6 Å². The standard InChI is InChI=1S/C17H20N4O2S/c1-4-21(5-2)17(23)14(11-15-12(3)19-20-24-15)18-16(22)13-9-7-6-8-10-13/h6-11H,4-5H2,1-3H3,(H,18,22)/b14-11+. The summed E-state index contributed by atoms with van der Waals surface area (Å²) < 4.78 is 3.87. The fourth-order valence-electron chi connectivity index (χ4n) is 2.12. The molecule has 0 radical (unpaired) electrons. The van der Waals surface area contributed by atoms with Crippen molar-refractivity contribution in [1.82, 2.24) is 19.8 Å². The fraction of sp³-hybridized carbons (Fsp3) is 0.294. The average molecular weight is 344 g/mol. The van der Waals surface area contributed by atoms with Gasteiger partial charge in [0.1, 0.15) is 5.70 Å². The van der Waals surface area contributed by atoms with Crippen molar-refractivity contribution in [2.75, 3.05) is 13.1 Å². The molecule has 7 heteroatoms. The van der Waals surface area contributed by atoms with Crippen LogP contribution in [-0.2, 0) is 4.79 Å². The number of amides is 2. The van der Waals surface area contributed by atoms with Gasteiger partial charge in [-0.15, -0.1) is 5.10 Å². The van der Waals surface area contributed by atoms with Crippen LogP contribution in [0.3, 0.4) is 0 Å². The molecule has 24 heavy (non-hydrogen) atoms. The van der Waals surface area contributed by atoms with Crippen molar-refractivity contribution in [3.05, 3.63) is 52.2 Å². The Bertz CT molecular complexity index is 736. The molecule has 1 aromatic carbocycles. The summed E-state index contributed by atoms with van der Waals surface area (Å²) in [5.74, 6) is -0.547. The quantitative estimate of drug-likeness (QED) is 0.817. The van der Waals surface area contributed by atoms with E-state index < -0.39 is 0 Å². The van der Waals surface area contributed by atoms with E-state index in [1.165, 1.54) is 11.5 Å². The number of likely N-dealkylation sites (N-methyl/N-ethyl adjacent to an activating group) is 1. The van der Waals surface area contributed by atoms with Crippen LogP contribution in [0.25, 0.3) is 6.08 Å². The molecular weight excluding hydrogens is 324 g/mol. The van der Waals surface area contributed by atoms with E-state index in [2.05, 4.69) is 14.9 Å². The zero-order chi connectivity index (χ0) is 17.5. The van der Waals surface area contributed by atoms with Crippen molar-refractivity contribution in [3.63, 3.8) is 0 Å². The Balaban J connectivity index is 2.33. The summed E-state index contributed by atoms with van der Waals surface area (Å²) in [4.78, 5) is 27.5. The number of hydrogen-bond acceptors (Lipinski definition) is 5. The van der Waals surface area contributed by atoms with Gasteiger partial charge in [-0.2, -0.15) is 0 Å². The van der Waals surface area contributed by atoms with Crippen LogP contribution >= 0.6 is 11.5 Å². The first-order valence-electron chi connectivity index (χ1n) is 7.73. The van der Waals surface area contributed by atoms with Crippen LogP contribution in [0.1, 0.15) is 34.8 Å². The molecule has 0 saturated heterocycles. The summed E-state index contributed by atoms with van der Waals surface area (Å²) in [7, 11) is 0. The summed E-state index contributed by atoms with van der Waals surface area (Å²) in [5, 5.41) is 6.67. The maximum Gasteiger partial charge on any atom is 0.270 e. The molecule has 1 N–H and O–H groups in total. The third-order valence-corrected chi connectivity index (χ3v) is 4.30. The van der Waals surface area contributed by atoms with Gasteiger partial charge in [-0.25, -0.2) is 0 Å². The molecule has 0 unspecified atom stereocenters. The Kier molecular flexibility index (Phi) is 6.20. The zero-order valence-electron chi connectivity index (χ0n) is 13.9. The number of aromatic nitrogens is 2. The van der Waals surface area contributed by atoms with Crippen molar-refractivity contribution < 1.29 is 9.59 Å². The van der Waals surface area contributed by atoms with Gasteiger partial charge in [0, 0.05) is 18.7 Å². The number of aryl methyl sites for hydroxylation is 1. The Labute approximate surface area is 145 Å². The van der Waals surface area contributed by atoms with Crippen LogP contribution in [0.4, 0.5) is 0 Å². The molecule has 1 aromatic heterocycles. The molecule has 0 aliphatic carbocycles. The number of nitrogens with one attached hydrogen (secondary N) is 1. The van der Waals surface area contributed by atoms with Crippen molar-refractivity contribution in [1.29, 1.82) is 0 Å². The maximum absolute atomic E-state index is 12.7. The lowest BCUT2D eigenvalue weighted by molar-refractivity contribution is -0.127. The summed E-state index contributed by atoms with van der Waals surface area (Å²) in [6.45, 7) is 6.74. The van der Waals surface area contributed by atoms with E-state index >= 15 is 0 Å². The molecule has 126 valence electrons. The van der Waals surface area contributed by atoms with Gasteiger partial charge in [-0.1, -0.05) is 22.7 Å². The molecule has 0 saturated carbocycles. The molecule has 2 aromatic rings. The molecule has 0 spiro atoms. The number of benzene rings is 1. The van der Waals surface area contributed by atoms with Gasteiger partial charge < -0.3 is 10.2 Å². The molecular formula is C17H20N4O2S. The highest BCUT2D eigenvalue weighted by molar-refractivity contribution is 7.06. The Morgan fingerprint density at radius 3 is 2.42 bits per heavy atom. The van der Waals surface area contributed by atoms with Crippen molar-refractivity contribution in [3.8, 4) is 0 Å². The second kappa shape index (κ2) is 8.35. The highest BCUT2D eigenvalue weighted by Gasteiger charge is 2.19. The number of hydrogen-bond donors (Lipinski definition) is 1. The van der Waals surface area contributed by atoms with Gasteiger partial charge in [0.2, 0.25) is 0 Å². The zero-order valence-corrected chi connectivity index (χ0v) is 14.8.